The molecule has 108 valence electrons. The third kappa shape index (κ3) is 3.87. The zero-order valence-electron chi connectivity index (χ0n) is 11.3. The van der Waals surface area contributed by atoms with Gasteiger partial charge in [-0.25, -0.2) is 4.39 Å². The van der Waals surface area contributed by atoms with Crippen LogP contribution in [0.25, 0.3) is 0 Å². The largest absolute Gasteiger partial charge is 0.481 e. The molecular formula is C16H13ClFNO2. The van der Waals surface area contributed by atoms with Gasteiger partial charge in [0.15, 0.2) is 5.83 Å². The third-order valence-corrected chi connectivity index (χ3v) is 3.24. The fraction of sp³-hybridized carbons (Fsp3) is 0.188. The lowest BCUT2D eigenvalue weighted by Crippen LogP contribution is -2.08. The summed E-state index contributed by atoms with van der Waals surface area (Å²) in [5, 5.41) is 12.1. The summed E-state index contributed by atoms with van der Waals surface area (Å²) in [7, 11) is 0. The van der Waals surface area contributed by atoms with Crippen molar-refractivity contribution in [3.63, 3.8) is 0 Å². The second-order valence-corrected chi connectivity index (χ2v) is 5.08. The van der Waals surface area contributed by atoms with Gasteiger partial charge in [0.25, 0.3) is 0 Å². The van der Waals surface area contributed by atoms with Crippen LogP contribution in [-0.2, 0) is 11.2 Å². The zero-order chi connectivity index (χ0) is 15.4. The SMILES string of the molecule is Cc1ccc(NC2=C(Cl)CC#CC=C2F)c(CC(=O)O)c1. The highest BCUT2D eigenvalue weighted by Crippen LogP contribution is 2.27. The molecule has 0 unspecified atom stereocenters. The number of halogens is 2. The fourth-order valence-electron chi connectivity index (χ4n) is 1.95. The summed E-state index contributed by atoms with van der Waals surface area (Å²) in [4.78, 5) is 10.9. The Morgan fingerprint density at radius 1 is 1.52 bits per heavy atom. The zero-order valence-corrected chi connectivity index (χ0v) is 12.1. The molecule has 0 saturated carbocycles. The van der Waals surface area contributed by atoms with E-state index in [-0.39, 0.29) is 23.6 Å². The molecule has 1 aliphatic carbocycles. The van der Waals surface area contributed by atoms with Gasteiger partial charge >= 0.3 is 5.97 Å². The highest BCUT2D eigenvalue weighted by molar-refractivity contribution is 6.30. The number of aliphatic carboxylic acids is 1. The van der Waals surface area contributed by atoms with Crippen molar-refractivity contribution in [2.75, 3.05) is 5.32 Å². The van der Waals surface area contributed by atoms with Gasteiger partial charge in [0.2, 0.25) is 0 Å². The molecule has 0 spiro atoms. The normalized spacial score (nSPS) is 14.0. The monoisotopic (exact) mass is 305 g/mol. The average molecular weight is 306 g/mol. The van der Waals surface area contributed by atoms with Gasteiger partial charge in [-0.2, -0.15) is 0 Å². The van der Waals surface area contributed by atoms with Gasteiger partial charge in [0.05, 0.1) is 17.2 Å². The van der Waals surface area contributed by atoms with Crippen molar-refractivity contribution < 1.29 is 14.3 Å². The van der Waals surface area contributed by atoms with E-state index in [0.29, 0.717) is 11.3 Å². The topological polar surface area (TPSA) is 49.3 Å². The van der Waals surface area contributed by atoms with Crippen LogP contribution in [0, 0.1) is 18.8 Å². The maximum atomic E-state index is 14.0. The number of aryl methyl sites for hydroxylation is 1. The molecule has 0 radical (unpaired) electrons. The van der Waals surface area contributed by atoms with E-state index in [9.17, 15) is 9.18 Å². The molecule has 2 rings (SSSR count). The molecule has 0 heterocycles. The van der Waals surface area contributed by atoms with Crippen LogP contribution in [0.4, 0.5) is 10.1 Å². The summed E-state index contributed by atoms with van der Waals surface area (Å²) < 4.78 is 14.0. The first kappa shape index (κ1) is 15.1. The van der Waals surface area contributed by atoms with Gasteiger partial charge in [-0.3, -0.25) is 4.79 Å². The number of carbonyl (C=O) groups is 1. The first-order valence-electron chi connectivity index (χ1n) is 6.29. The fourth-order valence-corrected chi connectivity index (χ4v) is 2.15. The molecule has 0 aromatic heterocycles. The smallest absolute Gasteiger partial charge is 0.307 e. The summed E-state index contributed by atoms with van der Waals surface area (Å²) >= 11 is 6.04. The van der Waals surface area contributed by atoms with Crippen LogP contribution >= 0.6 is 11.6 Å². The second kappa shape index (κ2) is 6.47. The summed E-state index contributed by atoms with van der Waals surface area (Å²) in [6.07, 6.45) is 1.23. The number of hydrogen-bond acceptors (Lipinski definition) is 2. The van der Waals surface area contributed by atoms with E-state index in [0.717, 1.165) is 11.6 Å². The highest BCUT2D eigenvalue weighted by atomic mass is 35.5. The quantitative estimate of drug-likeness (QED) is 0.833. The molecule has 0 atom stereocenters. The molecule has 3 nitrogen and oxygen atoms in total. The van der Waals surface area contributed by atoms with Gasteiger partial charge in [0.1, 0.15) is 0 Å². The molecule has 1 aliphatic rings. The number of benzene rings is 1. The predicted octanol–water partition coefficient (Wildman–Crippen LogP) is 3.74. The molecular weight excluding hydrogens is 293 g/mol. The van der Waals surface area contributed by atoms with Crippen molar-refractivity contribution in [3.8, 4) is 11.8 Å². The van der Waals surface area contributed by atoms with Gasteiger partial charge in [-0.1, -0.05) is 41.1 Å². The Hall–Kier alpha value is -2.25. The van der Waals surface area contributed by atoms with Crippen LogP contribution in [0.15, 0.2) is 40.8 Å². The van der Waals surface area contributed by atoms with Crippen LogP contribution in [0.1, 0.15) is 17.5 Å². The Morgan fingerprint density at radius 2 is 2.29 bits per heavy atom. The van der Waals surface area contributed by atoms with Gasteiger partial charge in [0, 0.05) is 18.2 Å². The predicted molar refractivity (Wildman–Crippen MR) is 80.6 cm³/mol. The molecule has 1 aromatic rings. The maximum absolute atomic E-state index is 14.0. The summed E-state index contributed by atoms with van der Waals surface area (Å²) in [6, 6.07) is 5.28. The van der Waals surface area contributed by atoms with Crippen LogP contribution in [-0.4, -0.2) is 11.1 Å². The van der Waals surface area contributed by atoms with Gasteiger partial charge in [-0.05, 0) is 18.6 Å². The van der Waals surface area contributed by atoms with E-state index in [1.165, 1.54) is 0 Å². The van der Waals surface area contributed by atoms with E-state index in [4.69, 9.17) is 16.7 Å². The standard InChI is InChI=1S/C16H13ClFNO2/c1-10-6-7-14(11(8-10)9-15(20)21)19-16-12(17)4-2-3-5-13(16)18/h5-8,19H,4,9H2,1H3,(H,20,21). The van der Waals surface area contributed by atoms with Gasteiger partial charge < -0.3 is 10.4 Å². The molecule has 0 bridgehead atoms. The van der Waals surface area contributed by atoms with Gasteiger partial charge in [-0.15, -0.1) is 0 Å². The average Bonchev–Trinajstić information content (AvgIpc) is 2.55. The van der Waals surface area contributed by atoms with Crippen LogP contribution in [0.2, 0.25) is 0 Å². The van der Waals surface area contributed by atoms with Crippen molar-refractivity contribution >= 4 is 23.3 Å². The summed E-state index contributed by atoms with van der Waals surface area (Å²) in [5.41, 5.74) is 2.13. The summed E-state index contributed by atoms with van der Waals surface area (Å²) in [5.74, 6) is 3.74. The van der Waals surface area contributed by atoms with Crippen LogP contribution < -0.4 is 5.32 Å². The molecule has 21 heavy (non-hydrogen) atoms. The highest BCUT2D eigenvalue weighted by Gasteiger charge is 2.15. The molecule has 0 saturated heterocycles. The number of rotatable bonds is 4. The molecule has 2 N–H and O–H groups in total. The minimum absolute atomic E-state index is 0.115. The Labute approximate surface area is 127 Å². The molecule has 0 fully saturated rings. The minimum Gasteiger partial charge on any atom is -0.481 e. The number of hydrogen-bond donors (Lipinski definition) is 2. The van der Waals surface area contributed by atoms with E-state index < -0.39 is 11.8 Å². The lowest BCUT2D eigenvalue weighted by molar-refractivity contribution is -0.136. The lowest BCUT2D eigenvalue weighted by Gasteiger charge is -2.14. The first-order valence-corrected chi connectivity index (χ1v) is 6.66. The lowest BCUT2D eigenvalue weighted by atomic mass is 10.1. The van der Waals surface area contributed by atoms with E-state index in [1.807, 2.05) is 13.0 Å². The third-order valence-electron chi connectivity index (χ3n) is 2.92. The van der Waals surface area contributed by atoms with Crippen LogP contribution in [0.3, 0.4) is 0 Å². The number of carboxylic acids is 1. The molecule has 1 aromatic carbocycles. The van der Waals surface area contributed by atoms with Crippen molar-refractivity contribution in [2.45, 2.75) is 19.8 Å². The van der Waals surface area contributed by atoms with Crippen molar-refractivity contribution in [3.05, 3.63) is 52.0 Å². The van der Waals surface area contributed by atoms with E-state index in [2.05, 4.69) is 17.2 Å². The first-order chi connectivity index (χ1) is 9.97. The Bertz CT molecular complexity index is 711. The Kier molecular flexibility index (Phi) is 4.66. The molecule has 0 amide bonds. The minimum atomic E-state index is -0.955. The number of anilines is 1. The van der Waals surface area contributed by atoms with Crippen molar-refractivity contribution in [1.29, 1.82) is 0 Å². The number of nitrogens with one attached hydrogen (secondary N) is 1. The Balaban J connectivity index is 2.37. The van der Waals surface area contributed by atoms with Crippen molar-refractivity contribution in [2.24, 2.45) is 0 Å². The number of carboxylic acid groups (broad SMARTS) is 1. The van der Waals surface area contributed by atoms with Crippen LogP contribution in [0.5, 0.6) is 0 Å². The molecule has 5 heteroatoms. The Morgan fingerprint density at radius 3 is 3.00 bits per heavy atom. The van der Waals surface area contributed by atoms with Crippen molar-refractivity contribution in [1.82, 2.24) is 0 Å². The molecule has 0 aliphatic heterocycles. The number of allylic oxidation sites excluding steroid dienone is 3. The summed E-state index contributed by atoms with van der Waals surface area (Å²) in [6.45, 7) is 1.86. The maximum Gasteiger partial charge on any atom is 0.307 e. The van der Waals surface area contributed by atoms with E-state index >= 15 is 0 Å². The second-order valence-electron chi connectivity index (χ2n) is 4.63. The van der Waals surface area contributed by atoms with E-state index in [1.54, 1.807) is 12.1 Å².